The quantitative estimate of drug-likeness (QED) is 0.232. The van der Waals surface area contributed by atoms with Gasteiger partial charge in [0.25, 0.3) is 0 Å². The van der Waals surface area contributed by atoms with E-state index >= 15 is 0 Å². The van der Waals surface area contributed by atoms with Crippen molar-refractivity contribution in [2.75, 3.05) is 0 Å². The van der Waals surface area contributed by atoms with E-state index in [-0.39, 0.29) is 21.6 Å². The van der Waals surface area contributed by atoms with E-state index in [4.69, 9.17) is 9.87 Å². The minimum Gasteiger partial charge on any atom is -0.263 e. The summed E-state index contributed by atoms with van der Waals surface area (Å²) in [6.45, 7) is 21.0. The number of aromatic amines is 1. The number of H-pyrrole nitrogens is 1. The predicted octanol–water partition coefficient (Wildman–Crippen LogP) is 8.01. The SMILES string of the molecule is CC1CCC(C)C(c2nc(C(Br)C(OO)C3C(C(C)(C)C)CC(C)CC3C(C)(C)C)n[nH]2)C1. The fourth-order valence-electron chi connectivity index (χ4n) is 6.83. The maximum absolute atomic E-state index is 10.3. The van der Waals surface area contributed by atoms with Crippen molar-refractivity contribution < 1.29 is 10.1 Å². The second-order valence-corrected chi connectivity index (χ2v) is 14.6. The van der Waals surface area contributed by atoms with E-state index in [1.165, 1.54) is 12.8 Å². The van der Waals surface area contributed by atoms with Gasteiger partial charge in [-0.25, -0.2) is 9.87 Å². The standard InChI is InChI=1S/C27H48BrN3O2/c1-15-10-11-17(3)18(12-15)24-29-25(31-30-24)22(28)23(33-32)21-19(26(4,5)6)13-16(2)14-20(21)27(7,8)9/h15-23,32H,10-14H2,1-9H3,(H,29,30,31). The molecule has 3 rings (SSSR count). The van der Waals surface area contributed by atoms with Gasteiger partial charge in [0.15, 0.2) is 5.82 Å². The highest BCUT2D eigenvalue weighted by atomic mass is 79.9. The lowest BCUT2D eigenvalue weighted by atomic mass is 9.53. The molecule has 5 nitrogen and oxygen atoms in total. The third-order valence-electron chi connectivity index (χ3n) is 8.83. The molecule has 0 amide bonds. The molecule has 1 heterocycles. The van der Waals surface area contributed by atoms with Crippen LogP contribution in [0.5, 0.6) is 0 Å². The van der Waals surface area contributed by atoms with Gasteiger partial charge in [0.2, 0.25) is 0 Å². The summed E-state index contributed by atoms with van der Waals surface area (Å²) in [5.74, 6) is 5.16. The first-order chi connectivity index (χ1) is 15.2. The monoisotopic (exact) mass is 525 g/mol. The van der Waals surface area contributed by atoms with Gasteiger partial charge in [0, 0.05) is 5.92 Å². The molecule has 0 spiro atoms. The van der Waals surface area contributed by atoms with Gasteiger partial charge in [-0.2, -0.15) is 5.10 Å². The van der Waals surface area contributed by atoms with Crippen molar-refractivity contribution >= 4 is 15.9 Å². The Morgan fingerprint density at radius 3 is 2.03 bits per heavy atom. The van der Waals surface area contributed by atoms with E-state index in [1.807, 2.05) is 0 Å². The Bertz CT molecular complexity index is 744. The Morgan fingerprint density at radius 2 is 1.52 bits per heavy atom. The molecule has 190 valence electrons. The number of nitrogens with one attached hydrogen (secondary N) is 1. The molecule has 33 heavy (non-hydrogen) atoms. The molecule has 7 atom stereocenters. The first-order valence-electron chi connectivity index (χ1n) is 13.1. The molecule has 1 aromatic rings. The van der Waals surface area contributed by atoms with E-state index in [0.717, 1.165) is 31.0 Å². The number of alkyl halides is 1. The zero-order chi connectivity index (χ0) is 24.7. The second-order valence-electron chi connectivity index (χ2n) is 13.7. The Morgan fingerprint density at radius 1 is 0.939 bits per heavy atom. The van der Waals surface area contributed by atoms with Crippen LogP contribution in [0.15, 0.2) is 0 Å². The molecule has 1 aromatic heterocycles. The van der Waals surface area contributed by atoms with Gasteiger partial charge in [-0.05, 0) is 72.0 Å². The predicted molar refractivity (Wildman–Crippen MR) is 138 cm³/mol. The molecule has 2 aliphatic rings. The summed E-state index contributed by atoms with van der Waals surface area (Å²) >= 11 is 3.89. The van der Waals surface area contributed by atoms with E-state index in [9.17, 15) is 5.26 Å². The largest absolute Gasteiger partial charge is 0.263 e. The number of hydrogen-bond acceptors (Lipinski definition) is 4. The van der Waals surface area contributed by atoms with E-state index in [0.29, 0.717) is 35.4 Å². The van der Waals surface area contributed by atoms with Crippen molar-refractivity contribution in [3.63, 3.8) is 0 Å². The molecular formula is C27H48BrN3O2. The van der Waals surface area contributed by atoms with Crippen LogP contribution in [0, 0.1) is 46.3 Å². The summed E-state index contributed by atoms with van der Waals surface area (Å²) in [6.07, 6.45) is 5.58. The molecule has 2 fully saturated rings. The van der Waals surface area contributed by atoms with Gasteiger partial charge in [-0.1, -0.05) is 84.7 Å². The number of hydrogen-bond donors (Lipinski definition) is 2. The van der Waals surface area contributed by atoms with Crippen LogP contribution in [-0.2, 0) is 4.89 Å². The van der Waals surface area contributed by atoms with Crippen LogP contribution in [0.4, 0.5) is 0 Å². The molecule has 0 saturated heterocycles. The van der Waals surface area contributed by atoms with Crippen LogP contribution in [0.3, 0.4) is 0 Å². The van der Waals surface area contributed by atoms with Gasteiger partial charge >= 0.3 is 0 Å². The molecule has 2 saturated carbocycles. The van der Waals surface area contributed by atoms with Crippen LogP contribution in [-0.4, -0.2) is 26.5 Å². The smallest absolute Gasteiger partial charge is 0.167 e. The molecular weight excluding hydrogens is 478 g/mol. The Balaban J connectivity index is 1.93. The molecule has 0 aliphatic heterocycles. The zero-order valence-electron chi connectivity index (χ0n) is 22.4. The summed E-state index contributed by atoms with van der Waals surface area (Å²) in [6, 6.07) is 0. The minimum atomic E-state index is -0.405. The summed E-state index contributed by atoms with van der Waals surface area (Å²) in [5, 5.41) is 18.2. The van der Waals surface area contributed by atoms with Gasteiger partial charge < -0.3 is 0 Å². The van der Waals surface area contributed by atoms with Gasteiger partial charge in [0.05, 0.1) is 0 Å². The highest BCUT2D eigenvalue weighted by molar-refractivity contribution is 9.09. The maximum atomic E-state index is 10.3. The van der Waals surface area contributed by atoms with Crippen molar-refractivity contribution in [3.05, 3.63) is 11.6 Å². The van der Waals surface area contributed by atoms with Crippen LogP contribution in [0.1, 0.15) is 117 Å². The molecule has 7 unspecified atom stereocenters. The number of halogens is 1. The summed E-state index contributed by atoms with van der Waals surface area (Å²) in [4.78, 5) is 10.0. The first-order valence-corrected chi connectivity index (χ1v) is 14.0. The summed E-state index contributed by atoms with van der Waals surface area (Å²) in [7, 11) is 0. The van der Waals surface area contributed by atoms with Crippen LogP contribution in [0.25, 0.3) is 0 Å². The lowest BCUT2D eigenvalue weighted by molar-refractivity contribution is -0.306. The second kappa shape index (κ2) is 10.3. The van der Waals surface area contributed by atoms with Crippen molar-refractivity contribution in [1.82, 2.24) is 15.2 Å². The zero-order valence-corrected chi connectivity index (χ0v) is 23.9. The van der Waals surface area contributed by atoms with Gasteiger partial charge in [0.1, 0.15) is 16.8 Å². The Labute approximate surface area is 210 Å². The molecule has 0 radical (unpaired) electrons. The lowest BCUT2D eigenvalue weighted by Gasteiger charge is -2.53. The van der Waals surface area contributed by atoms with Crippen LogP contribution in [0.2, 0.25) is 0 Å². The fourth-order valence-corrected chi connectivity index (χ4v) is 7.49. The minimum absolute atomic E-state index is 0.115. The normalized spacial score (nSPS) is 35.9. The number of rotatable bonds is 5. The molecule has 2 aliphatic carbocycles. The number of nitrogens with zero attached hydrogens (tertiary/aromatic N) is 2. The molecule has 6 heteroatoms. The van der Waals surface area contributed by atoms with E-state index in [2.05, 4.69) is 88.4 Å². The maximum Gasteiger partial charge on any atom is 0.167 e. The fraction of sp³-hybridized carbons (Fsp3) is 0.926. The highest BCUT2D eigenvalue weighted by Crippen LogP contribution is 2.55. The third kappa shape index (κ3) is 6.03. The average Bonchev–Trinajstić information content (AvgIpc) is 3.19. The van der Waals surface area contributed by atoms with Gasteiger partial charge in [-0.15, -0.1) is 0 Å². The molecule has 0 aromatic carbocycles. The highest BCUT2D eigenvalue weighted by Gasteiger charge is 2.51. The van der Waals surface area contributed by atoms with Gasteiger partial charge in [-0.3, -0.25) is 10.4 Å². The Hall–Kier alpha value is -0.460. The van der Waals surface area contributed by atoms with Crippen molar-refractivity contribution in [2.24, 2.45) is 46.3 Å². The topological polar surface area (TPSA) is 71.0 Å². The Kier molecular flexibility index (Phi) is 8.44. The molecule has 2 N–H and O–H groups in total. The van der Waals surface area contributed by atoms with Crippen molar-refractivity contribution in [1.29, 1.82) is 0 Å². The van der Waals surface area contributed by atoms with E-state index in [1.54, 1.807) is 0 Å². The van der Waals surface area contributed by atoms with E-state index < -0.39 is 6.10 Å². The lowest BCUT2D eigenvalue weighted by Crippen LogP contribution is -2.50. The van der Waals surface area contributed by atoms with Crippen LogP contribution >= 0.6 is 15.9 Å². The third-order valence-corrected chi connectivity index (χ3v) is 9.76. The van der Waals surface area contributed by atoms with Crippen molar-refractivity contribution in [2.45, 2.75) is 111 Å². The molecule has 0 bridgehead atoms. The number of aromatic nitrogens is 3. The summed E-state index contributed by atoms with van der Waals surface area (Å²) < 4.78 is 0. The average molecular weight is 527 g/mol. The summed E-state index contributed by atoms with van der Waals surface area (Å²) in [5.41, 5.74) is 0.231. The first kappa shape index (κ1) is 27.1. The van der Waals surface area contributed by atoms with Crippen molar-refractivity contribution in [3.8, 4) is 0 Å². The van der Waals surface area contributed by atoms with Crippen LogP contribution < -0.4 is 0 Å².